The summed E-state index contributed by atoms with van der Waals surface area (Å²) in [5, 5.41) is 3.76. The Bertz CT molecular complexity index is 350. The molecule has 0 amide bonds. The molecule has 2 rings (SSSR count). The Balaban J connectivity index is 1.89. The van der Waals surface area contributed by atoms with Gasteiger partial charge in [0.15, 0.2) is 0 Å². The predicted molar refractivity (Wildman–Crippen MR) is 87.5 cm³/mol. The highest BCUT2D eigenvalue weighted by molar-refractivity contribution is 4.96. The molecule has 1 heteroatoms. The van der Waals surface area contributed by atoms with Crippen molar-refractivity contribution in [2.75, 3.05) is 6.54 Å². The van der Waals surface area contributed by atoms with Crippen LogP contribution in [0.3, 0.4) is 0 Å². The van der Waals surface area contributed by atoms with Gasteiger partial charge in [0.1, 0.15) is 0 Å². The minimum absolute atomic E-state index is 0.476. The Labute approximate surface area is 126 Å². The molecule has 0 spiro atoms. The molecule has 2 saturated carbocycles. The van der Waals surface area contributed by atoms with Crippen LogP contribution in [0.1, 0.15) is 72.6 Å². The minimum atomic E-state index is 0.476. The first kappa shape index (κ1) is 15.9. The molecule has 0 heterocycles. The fraction of sp³-hybridized carbons (Fsp3) is 0.895. The summed E-state index contributed by atoms with van der Waals surface area (Å²) >= 11 is 0. The predicted octanol–water partition coefficient (Wildman–Crippen LogP) is 4.62. The van der Waals surface area contributed by atoms with Crippen molar-refractivity contribution in [2.24, 2.45) is 23.2 Å². The zero-order valence-electron chi connectivity index (χ0n) is 14.0. The maximum Gasteiger partial charge on any atom is 0.00913 e. The first-order valence-electron chi connectivity index (χ1n) is 8.63. The van der Waals surface area contributed by atoms with Gasteiger partial charge in [-0.15, -0.1) is 11.8 Å². The van der Waals surface area contributed by atoms with Crippen molar-refractivity contribution in [3.8, 4) is 11.8 Å². The summed E-state index contributed by atoms with van der Waals surface area (Å²) in [6.45, 7) is 10.5. The number of rotatable bonds is 5. The van der Waals surface area contributed by atoms with Gasteiger partial charge >= 0.3 is 0 Å². The van der Waals surface area contributed by atoms with E-state index in [-0.39, 0.29) is 0 Å². The Morgan fingerprint density at radius 2 is 1.80 bits per heavy atom. The van der Waals surface area contributed by atoms with Crippen LogP contribution in [0.25, 0.3) is 0 Å². The molecule has 1 nitrogen and oxygen atoms in total. The molecule has 2 fully saturated rings. The van der Waals surface area contributed by atoms with Gasteiger partial charge in [0.2, 0.25) is 0 Å². The molecular weight excluding hydrogens is 242 g/mol. The molecule has 3 unspecified atom stereocenters. The summed E-state index contributed by atoms with van der Waals surface area (Å²) in [6.07, 6.45) is 9.49. The highest BCUT2D eigenvalue weighted by Crippen LogP contribution is 2.44. The fourth-order valence-corrected chi connectivity index (χ4v) is 3.72. The second-order valence-corrected chi connectivity index (χ2v) is 8.04. The lowest BCUT2D eigenvalue weighted by molar-refractivity contribution is 0.0931. The fourth-order valence-electron chi connectivity index (χ4n) is 3.72. The molecule has 3 atom stereocenters. The van der Waals surface area contributed by atoms with Crippen LogP contribution in [0.15, 0.2) is 0 Å². The van der Waals surface area contributed by atoms with Gasteiger partial charge in [0, 0.05) is 12.5 Å². The van der Waals surface area contributed by atoms with Gasteiger partial charge in [0.05, 0.1) is 0 Å². The average Bonchev–Trinajstić information content (AvgIpc) is 3.20. The van der Waals surface area contributed by atoms with Crippen molar-refractivity contribution in [2.45, 2.75) is 78.7 Å². The Morgan fingerprint density at radius 1 is 1.05 bits per heavy atom. The van der Waals surface area contributed by atoms with E-state index in [0.717, 1.165) is 30.2 Å². The standard InChI is InChI=1S/C19H33N/c1-5-6-7-8-15-13-17(19(2,3)4)10-9-16(15)14-20-18-11-12-18/h15-18,20H,7-14H2,1-4H3. The maximum atomic E-state index is 3.76. The molecule has 1 N–H and O–H groups in total. The van der Waals surface area contributed by atoms with Gasteiger partial charge in [-0.25, -0.2) is 0 Å². The molecule has 2 aliphatic rings. The van der Waals surface area contributed by atoms with Crippen molar-refractivity contribution in [1.29, 1.82) is 0 Å². The molecule has 0 saturated heterocycles. The van der Waals surface area contributed by atoms with E-state index in [9.17, 15) is 0 Å². The van der Waals surface area contributed by atoms with E-state index < -0.39 is 0 Å². The molecule has 20 heavy (non-hydrogen) atoms. The van der Waals surface area contributed by atoms with Crippen molar-refractivity contribution >= 4 is 0 Å². The summed E-state index contributed by atoms with van der Waals surface area (Å²) in [7, 11) is 0. The van der Waals surface area contributed by atoms with E-state index in [4.69, 9.17) is 0 Å². The monoisotopic (exact) mass is 275 g/mol. The van der Waals surface area contributed by atoms with Gasteiger partial charge in [-0.3, -0.25) is 0 Å². The third-order valence-electron chi connectivity index (χ3n) is 5.43. The number of nitrogens with one attached hydrogen (secondary N) is 1. The van der Waals surface area contributed by atoms with Gasteiger partial charge < -0.3 is 5.32 Å². The van der Waals surface area contributed by atoms with E-state index in [1.807, 2.05) is 6.92 Å². The summed E-state index contributed by atoms with van der Waals surface area (Å²) in [5.74, 6) is 9.02. The van der Waals surface area contributed by atoms with Crippen LogP contribution in [0.4, 0.5) is 0 Å². The van der Waals surface area contributed by atoms with E-state index in [0.29, 0.717) is 5.41 Å². The number of hydrogen-bond donors (Lipinski definition) is 1. The number of hydrogen-bond acceptors (Lipinski definition) is 1. The lowest BCUT2D eigenvalue weighted by Gasteiger charge is -2.42. The molecule has 0 aromatic heterocycles. The quantitative estimate of drug-likeness (QED) is 0.722. The average molecular weight is 275 g/mol. The van der Waals surface area contributed by atoms with Gasteiger partial charge in [-0.05, 0) is 75.2 Å². The molecule has 114 valence electrons. The van der Waals surface area contributed by atoms with Crippen LogP contribution < -0.4 is 5.32 Å². The molecule has 0 aliphatic heterocycles. The van der Waals surface area contributed by atoms with Crippen LogP contribution in [0, 0.1) is 35.0 Å². The molecule has 0 aromatic rings. The zero-order valence-corrected chi connectivity index (χ0v) is 14.0. The second kappa shape index (κ2) is 6.99. The maximum absolute atomic E-state index is 3.76. The van der Waals surface area contributed by atoms with Gasteiger partial charge in [-0.1, -0.05) is 20.8 Å². The van der Waals surface area contributed by atoms with E-state index in [2.05, 4.69) is 37.9 Å². The van der Waals surface area contributed by atoms with Crippen LogP contribution in [0.2, 0.25) is 0 Å². The summed E-state index contributed by atoms with van der Waals surface area (Å²) in [5.41, 5.74) is 0.476. The minimum Gasteiger partial charge on any atom is -0.314 e. The van der Waals surface area contributed by atoms with Crippen LogP contribution in [-0.4, -0.2) is 12.6 Å². The van der Waals surface area contributed by atoms with E-state index in [1.54, 1.807) is 0 Å². The largest absolute Gasteiger partial charge is 0.314 e. The van der Waals surface area contributed by atoms with Crippen LogP contribution in [-0.2, 0) is 0 Å². The van der Waals surface area contributed by atoms with Crippen LogP contribution in [0.5, 0.6) is 0 Å². The Hall–Kier alpha value is -0.480. The van der Waals surface area contributed by atoms with Gasteiger partial charge in [-0.2, -0.15) is 0 Å². The highest BCUT2D eigenvalue weighted by Gasteiger charge is 2.36. The smallest absolute Gasteiger partial charge is 0.00913 e. The third-order valence-corrected chi connectivity index (χ3v) is 5.43. The lowest BCUT2D eigenvalue weighted by atomic mass is 9.64. The Morgan fingerprint density at radius 3 is 2.40 bits per heavy atom. The van der Waals surface area contributed by atoms with Gasteiger partial charge in [0.25, 0.3) is 0 Å². The summed E-state index contributed by atoms with van der Waals surface area (Å²) in [4.78, 5) is 0. The molecule has 0 aromatic carbocycles. The topological polar surface area (TPSA) is 12.0 Å². The first-order valence-corrected chi connectivity index (χ1v) is 8.63. The lowest BCUT2D eigenvalue weighted by Crippen LogP contribution is -2.37. The van der Waals surface area contributed by atoms with Crippen molar-refractivity contribution in [3.05, 3.63) is 0 Å². The molecule has 0 bridgehead atoms. The third kappa shape index (κ3) is 4.81. The van der Waals surface area contributed by atoms with Crippen molar-refractivity contribution in [1.82, 2.24) is 5.32 Å². The first-order chi connectivity index (χ1) is 9.50. The molecular formula is C19H33N. The molecule has 0 radical (unpaired) electrons. The van der Waals surface area contributed by atoms with E-state index in [1.165, 1.54) is 45.1 Å². The summed E-state index contributed by atoms with van der Waals surface area (Å²) < 4.78 is 0. The Kier molecular flexibility index (Phi) is 5.56. The second-order valence-electron chi connectivity index (χ2n) is 8.04. The van der Waals surface area contributed by atoms with Crippen molar-refractivity contribution < 1.29 is 0 Å². The van der Waals surface area contributed by atoms with E-state index >= 15 is 0 Å². The van der Waals surface area contributed by atoms with Crippen LogP contribution >= 0.6 is 0 Å². The SMILES string of the molecule is CC#CCCC1CC(C(C)(C)C)CCC1CNC1CC1. The normalized spacial score (nSPS) is 30.7. The zero-order chi connectivity index (χ0) is 14.6. The van der Waals surface area contributed by atoms with Crippen molar-refractivity contribution in [3.63, 3.8) is 0 Å². The summed E-state index contributed by atoms with van der Waals surface area (Å²) in [6, 6.07) is 0.853. The highest BCUT2D eigenvalue weighted by atomic mass is 14.9. The molecule has 2 aliphatic carbocycles.